The molecule has 0 aliphatic carbocycles. The lowest BCUT2D eigenvalue weighted by Gasteiger charge is -2.36. The van der Waals surface area contributed by atoms with Crippen molar-refractivity contribution in [2.24, 2.45) is 5.92 Å². The van der Waals surface area contributed by atoms with E-state index in [4.69, 9.17) is 14.2 Å². The van der Waals surface area contributed by atoms with Gasteiger partial charge in [0, 0.05) is 13.0 Å². The molecule has 1 amide bonds. The number of carbonyl (C=O) groups is 2. The molecular formula is C20H37NO6. The maximum absolute atomic E-state index is 12.7. The fourth-order valence-corrected chi connectivity index (χ4v) is 3.12. The monoisotopic (exact) mass is 387 g/mol. The van der Waals surface area contributed by atoms with Crippen LogP contribution in [0.5, 0.6) is 0 Å². The van der Waals surface area contributed by atoms with Crippen molar-refractivity contribution in [1.82, 2.24) is 4.90 Å². The van der Waals surface area contributed by atoms with Gasteiger partial charge in [0.05, 0.1) is 12.6 Å². The summed E-state index contributed by atoms with van der Waals surface area (Å²) in [6.45, 7) is 14.9. The van der Waals surface area contributed by atoms with Gasteiger partial charge in [0.1, 0.15) is 16.9 Å². The van der Waals surface area contributed by atoms with Crippen molar-refractivity contribution in [3.8, 4) is 0 Å². The number of ether oxygens (including phenoxy) is 3. The fourth-order valence-electron chi connectivity index (χ4n) is 3.12. The van der Waals surface area contributed by atoms with E-state index < -0.39 is 23.0 Å². The lowest BCUT2D eigenvalue weighted by atomic mass is 9.95. The largest absolute Gasteiger partial charge is 0.460 e. The summed E-state index contributed by atoms with van der Waals surface area (Å²) in [5, 5.41) is 9.75. The Morgan fingerprint density at radius 3 is 2.19 bits per heavy atom. The van der Waals surface area contributed by atoms with Crippen molar-refractivity contribution >= 4 is 12.1 Å². The van der Waals surface area contributed by atoms with Gasteiger partial charge >= 0.3 is 12.1 Å². The van der Waals surface area contributed by atoms with Crippen molar-refractivity contribution in [2.75, 3.05) is 13.2 Å². The summed E-state index contributed by atoms with van der Waals surface area (Å²) in [4.78, 5) is 26.2. The van der Waals surface area contributed by atoms with Crippen LogP contribution in [0.2, 0.25) is 0 Å². The normalized spacial score (nSPS) is 21.1. The van der Waals surface area contributed by atoms with E-state index in [0.29, 0.717) is 19.4 Å². The Morgan fingerprint density at radius 2 is 1.70 bits per heavy atom. The number of esters is 1. The summed E-state index contributed by atoms with van der Waals surface area (Å²) in [5.74, 6) is -0.419. The second-order valence-electron chi connectivity index (χ2n) is 9.67. The molecule has 1 fully saturated rings. The molecule has 1 rings (SSSR count). The summed E-state index contributed by atoms with van der Waals surface area (Å²) in [5.41, 5.74) is -1.91. The van der Waals surface area contributed by atoms with Gasteiger partial charge in [-0.05, 0) is 74.1 Å². The highest BCUT2D eigenvalue weighted by molar-refractivity contribution is 5.70. The Balaban J connectivity index is 2.72. The van der Waals surface area contributed by atoms with E-state index in [1.165, 1.54) is 0 Å². The third kappa shape index (κ3) is 8.05. The quantitative estimate of drug-likeness (QED) is 0.702. The maximum Gasteiger partial charge on any atom is 0.412 e. The van der Waals surface area contributed by atoms with Crippen molar-refractivity contribution in [3.63, 3.8) is 0 Å². The van der Waals surface area contributed by atoms with Crippen LogP contribution < -0.4 is 0 Å². The van der Waals surface area contributed by atoms with Crippen LogP contribution in [0, 0.1) is 5.92 Å². The van der Waals surface area contributed by atoms with Crippen LogP contribution in [-0.4, -0.2) is 58.3 Å². The summed E-state index contributed by atoms with van der Waals surface area (Å²) in [6.07, 6.45) is 0.817. The fraction of sp³-hybridized carbons (Fsp3) is 0.900. The van der Waals surface area contributed by atoms with Crippen LogP contribution in [0.1, 0.15) is 74.7 Å². The molecule has 27 heavy (non-hydrogen) atoms. The molecule has 0 aromatic carbocycles. The van der Waals surface area contributed by atoms with E-state index in [-0.39, 0.29) is 31.0 Å². The van der Waals surface area contributed by atoms with Gasteiger partial charge in [-0.25, -0.2) is 4.79 Å². The molecule has 0 radical (unpaired) electrons. The molecule has 7 heteroatoms. The lowest BCUT2D eigenvalue weighted by molar-refractivity contribution is -0.155. The molecule has 1 N–H and O–H groups in total. The Morgan fingerprint density at radius 1 is 1.15 bits per heavy atom. The van der Waals surface area contributed by atoms with E-state index in [1.54, 1.807) is 4.90 Å². The number of aliphatic hydroxyl groups excluding tert-OH is 1. The van der Waals surface area contributed by atoms with Crippen LogP contribution in [-0.2, 0) is 19.0 Å². The molecule has 2 unspecified atom stereocenters. The second-order valence-corrected chi connectivity index (χ2v) is 9.67. The first-order valence-electron chi connectivity index (χ1n) is 9.63. The van der Waals surface area contributed by atoms with E-state index in [9.17, 15) is 14.7 Å². The number of rotatable bonds is 6. The van der Waals surface area contributed by atoms with E-state index >= 15 is 0 Å². The van der Waals surface area contributed by atoms with E-state index in [1.807, 2.05) is 55.4 Å². The van der Waals surface area contributed by atoms with Crippen LogP contribution >= 0.6 is 0 Å². The number of aliphatic hydroxyl groups is 1. The molecule has 0 saturated carbocycles. The highest BCUT2D eigenvalue weighted by Crippen LogP contribution is 2.33. The first kappa shape index (κ1) is 23.7. The smallest absolute Gasteiger partial charge is 0.412 e. The number of hydrogen-bond acceptors (Lipinski definition) is 6. The van der Waals surface area contributed by atoms with Gasteiger partial charge in [-0.2, -0.15) is 0 Å². The van der Waals surface area contributed by atoms with Gasteiger partial charge in [0.2, 0.25) is 0 Å². The third-order valence-corrected chi connectivity index (χ3v) is 4.20. The Kier molecular flexibility index (Phi) is 7.70. The molecular weight excluding hydrogens is 350 g/mol. The van der Waals surface area contributed by atoms with Crippen molar-refractivity contribution in [1.29, 1.82) is 0 Å². The van der Waals surface area contributed by atoms with Crippen LogP contribution in [0.4, 0.5) is 4.79 Å². The molecule has 2 atom stereocenters. The van der Waals surface area contributed by atoms with Crippen LogP contribution in [0.15, 0.2) is 0 Å². The Hall–Kier alpha value is -1.34. The molecule has 0 bridgehead atoms. The second kappa shape index (κ2) is 8.78. The molecule has 158 valence electrons. The number of amides is 1. The van der Waals surface area contributed by atoms with Crippen molar-refractivity contribution in [2.45, 2.75) is 97.6 Å². The van der Waals surface area contributed by atoms with Gasteiger partial charge < -0.3 is 19.3 Å². The van der Waals surface area contributed by atoms with Gasteiger partial charge in [0.15, 0.2) is 0 Å². The summed E-state index contributed by atoms with van der Waals surface area (Å²) >= 11 is 0. The predicted octanol–water partition coefficient (Wildman–Crippen LogP) is 3.48. The minimum atomic E-state index is -0.780. The number of nitrogens with zero attached hydrogens (tertiary/aromatic N) is 1. The molecule has 1 aliphatic rings. The highest BCUT2D eigenvalue weighted by Gasteiger charge is 2.46. The van der Waals surface area contributed by atoms with Crippen LogP contribution in [0.25, 0.3) is 0 Å². The summed E-state index contributed by atoms with van der Waals surface area (Å²) in [6, 6.07) is -0.217. The zero-order valence-electron chi connectivity index (χ0n) is 18.1. The predicted molar refractivity (Wildman–Crippen MR) is 102 cm³/mol. The van der Waals surface area contributed by atoms with Crippen molar-refractivity contribution in [3.05, 3.63) is 0 Å². The first-order valence-corrected chi connectivity index (χ1v) is 9.63. The van der Waals surface area contributed by atoms with Crippen molar-refractivity contribution < 1.29 is 28.9 Å². The third-order valence-electron chi connectivity index (χ3n) is 4.20. The van der Waals surface area contributed by atoms with Gasteiger partial charge in [-0.1, -0.05) is 0 Å². The van der Waals surface area contributed by atoms with Gasteiger partial charge in [0.25, 0.3) is 0 Å². The van der Waals surface area contributed by atoms with Crippen LogP contribution in [0.3, 0.4) is 0 Å². The standard InChI is InChI=1S/C20H37NO6/c1-18(2,3)26-16(23)10-9-14(12-22)11-15-13-25-20(7,8)21(15)17(24)27-19(4,5)6/h14-15,22H,9-13H2,1-8H3. The topological polar surface area (TPSA) is 85.3 Å². The van der Waals surface area contributed by atoms with E-state index in [2.05, 4.69) is 0 Å². The molecule has 0 aromatic rings. The molecule has 0 aromatic heterocycles. The SMILES string of the molecule is CC(C)(C)OC(=O)CCC(CO)CC1COC(C)(C)N1C(=O)OC(C)(C)C. The Labute approximate surface area is 163 Å². The molecule has 1 heterocycles. The first-order chi connectivity index (χ1) is 12.1. The summed E-state index contributed by atoms with van der Waals surface area (Å²) < 4.78 is 16.6. The average Bonchev–Trinajstić information content (AvgIpc) is 2.74. The minimum absolute atomic E-state index is 0.0676. The summed E-state index contributed by atoms with van der Waals surface area (Å²) in [7, 11) is 0. The Bertz CT molecular complexity index is 518. The van der Waals surface area contributed by atoms with E-state index in [0.717, 1.165) is 0 Å². The zero-order chi connectivity index (χ0) is 21.0. The lowest BCUT2D eigenvalue weighted by Crippen LogP contribution is -2.50. The molecule has 1 saturated heterocycles. The minimum Gasteiger partial charge on any atom is -0.460 e. The molecule has 7 nitrogen and oxygen atoms in total. The van der Waals surface area contributed by atoms with Gasteiger partial charge in [-0.3, -0.25) is 9.69 Å². The maximum atomic E-state index is 12.7. The zero-order valence-corrected chi connectivity index (χ0v) is 18.1. The molecule has 1 aliphatic heterocycles. The van der Waals surface area contributed by atoms with Gasteiger partial charge in [-0.15, -0.1) is 0 Å². The average molecular weight is 388 g/mol. The number of hydrogen-bond donors (Lipinski definition) is 1. The molecule has 0 spiro atoms. The highest BCUT2D eigenvalue weighted by atomic mass is 16.6. The number of carbonyl (C=O) groups excluding carboxylic acids is 2.